The van der Waals surface area contributed by atoms with Gasteiger partial charge in [-0.1, -0.05) is 48.5 Å². The summed E-state index contributed by atoms with van der Waals surface area (Å²) in [5.41, 5.74) is 3.04. The predicted octanol–water partition coefficient (Wildman–Crippen LogP) is 4.16. The SMILES string of the molecule is Cc1cc(NC(=O)NCCN2CCC(O)(Cc3ccccc3)CC2)c2ccccc2n1.Cl. The molecule has 3 aromatic rings. The Labute approximate surface area is 195 Å². The van der Waals surface area contributed by atoms with E-state index in [1.165, 1.54) is 5.56 Å². The van der Waals surface area contributed by atoms with E-state index in [1.54, 1.807) is 0 Å². The first-order valence-corrected chi connectivity index (χ1v) is 10.9. The molecule has 0 bridgehead atoms. The molecule has 1 fully saturated rings. The molecule has 2 aromatic carbocycles. The Kier molecular flexibility index (Phi) is 8.07. The second kappa shape index (κ2) is 10.8. The van der Waals surface area contributed by atoms with E-state index < -0.39 is 5.60 Å². The summed E-state index contributed by atoms with van der Waals surface area (Å²) >= 11 is 0. The molecule has 3 N–H and O–H groups in total. The van der Waals surface area contributed by atoms with E-state index in [-0.39, 0.29) is 18.4 Å². The fourth-order valence-electron chi connectivity index (χ4n) is 4.25. The highest BCUT2D eigenvalue weighted by molar-refractivity contribution is 6.00. The molecular weight excluding hydrogens is 424 g/mol. The summed E-state index contributed by atoms with van der Waals surface area (Å²) in [5, 5.41) is 17.7. The van der Waals surface area contributed by atoms with Crippen molar-refractivity contribution in [3.05, 3.63) is 71.9 Å². The number of fused-ring (bicyclic) bond motifs is 1. The van der Waals surface area contributed by atoms with E-state index in [0.717, 1.165) is 54.8 Å². The molecule has 0 aliphatic carbocycles. The average molecular weight is 455 g/mol. The smallest absolute Gasteiger partial charge is 0.319 e. The van der Waals surface area contributed by atoms with E-state index in [2.05, 4.69) is 32.7 Å². The van der Waals surface area contributed by atoms with E-state index in [1.807, 2.05) is 55.5 Å². The number of pyridine rings is 1. The van der Waals surface area contributed by atoms with Gasteiger partial charge in [0.1, 0.15) is 0 Å². The van der Waals surface area contributed by atoms with Crippen LogP contribution in [-0.4, -0.2) is 52.8 Å². The average Bonchev–Trinajstić information content (AvgIpc) is 2.76. The summed E-state index contributed by atoms with van der Waals surface area (Å²) in [6.07, 6.45) is 2.19. The third-order valence-electron chi connectivity index (χ3n) is 5.97. The van der Waals surface area contributed by atoms with Gasteiger partial charge in [0.2, 0.25) is 0 Å². The maximum Gasteiger partial charge on any atom is 0.319 e. The monoisotopic (exact) mass is 454 g/mol. The van der Waals surface area contributed by atoms with Crippen molar-refractivity contribution < 1.29 is 9.90 Å². The molecule has 6 nitrogen and oxygen atoms in total. The van der Waals surface area contributed by atoms with Crippen LogP contribution in [-0.2, 0) is 6.42 Å². The molecule has 32 heavy (non-hydrogen) atoms. The van der Waals surface area contributed by atoms with E-state index in [9.17, 15) is 9.90 Å². The quantitative estimate of drug-likeness (QED) is 0.522. The van der Waals surface area contributed by atoms with Crippen LogP contribution in [0.5, 0.6) is 0 Å². The molecule has 4 rings (SSSR count). The second-order valence-electron chi connectivity index (χ2n) is 8.44. The van der Waals surface area contributed by atoms with Gasteiger partial charge in [-0.05, 0) is 37.5 Å². The number of para-hydroxylation sites is 1. The predicted molar refractivity (Wildman–Crippen MR) is 132 cm³/mol. The highest BCUT2D eigenvalue weighted by Gasteiger charge is 2.32. The van der Waals surface area contributed by atoms with Crippen molar-refractivity contribution in [3.63, 3.8) is 0 Å². The zero-order valence-electron chi connectivity index (χ0n) is 18.4. The Hall–Kier alpha value is -2.67. The molecule has 170 valence electrons. The Bertz CT molecular complexity index is 1040. The van der Waals surface area contributed by atoms with Crippen molar-refractivity contribution in [2.24, 2.45) is 0 Å². The van der Waals surface area contributed by atoms with Crippen LogP contribution in [0.2, 0.25) is 0 Å². The first-order chi connectivity index (χ1) is 15.0. The molecule has 1 saturated heterocycles. The van der Waals surface area contributed by atoms with Crippen molar-refractivity contribution in [2.75, 3.05) is 31.5 Å². The number of urea groups is 1. The number of nitrogens with one attached hydrogen (secondary N) is 2. The number of amides is 2. The number of nitrogens with zero attached hydrogens (tertiary/aromatic N) is 2. The summed E-state index contributed by atoms with van der Waals surface area (Å²) in [5.74, 6) is 0. The van der Waals surface area contributed by atoms with E-state index >= 15 is 0 Å². The number of aromatic nitrogens is 1. The Morgan fingerprint density at radius 1 is 1.09 bits per heavy atom. The maximum absolute atomic E-state index is 12.4. The zero-order valence-corrected chi connectivity index (χ0v) is 19.2. The molecule has 2 heterocycles. The van der Waals surface area contributed by atoms with Crippen LogP contribution in [0.15, 0.2) is 60.7 Å². The van der Waals surface area contributed by atoms with Crippen molar-refractivity contribution in [1.29, 1.82) is 0 Å². The summed E-state index contributed by atoms with van der Waals surface area (Å²) in [6, 6.07) is 19.6. The summed E-state index contributed by atoms with van der Waals surface area (Å²) in [7, 11) is 0. The maximum atomic E-state index is 12.4. The van der Waals surface area contributed by atoms with E-state index in [0.29, 0.717) is 13.0 Å². The van der Waals surface area contributed by atoms with Crippen molar-refractivity contribution in [1.82, 2.24) is 15.2 Å². The van der Waals surface area contributed by atoms with Crippen LogP contribution >= 0.6 is 12.4 Å². The number of piperidine rings is 1. The molecule has 0 radical (unpaired) electrons. The minimum atomic E-state index is -0.636. The topological polar surface area (TPSA) is 77.5 Å². The van der Waals surface area contributed by atoms with Gasteiger partial charge in [0.25, 0.3) is 0 Å². The molecule has 2 amide bonds. The Morgan fingerprint density at radius 2 is 1.78 bits per heavy atom. The number of likely N-dealkylation sites (tertiary alicyclic amines) is 1. The molecule has 0 unspecified atom stereocenters. The first kappa shape index (κ1) is 24.0. The van der Waals surface area contributed by atoms with Gasteiger partial charge in [-0.15, -0.1) is 12.4 Å². The standard InChI is InChI=1S/C25H30N4O2.ClH/c1-19-17-23(21-9-5-6-10-22(21)27-19)28-24(30)26-13-16-29-14-11-25(31,12-15-29)18-20-7-3-2-4-8-20;/h2-10,17,31H,11-16,18H2,1H3,(H2,26,27,28,30);1H. The largest absolute Gasteiger partial charge is 0.389 e. The van der Waals surface area contributed by atoms with Crippen molar-refractivity contribution >= 4 is 35.0 Å². The third kappa shape index (κ3) is 6.19. The van der Waals surface area contributed by atoms with Crippen LogP contribution in [0.3, 0.4) is 0 Å². The number of aryl methyl sites for hydroxylation is 1. The summed E-state index contributed by atoms with van der Waals surface area (Å²) in [6.45, 7) is 4.92. The molecule has 1 aliphatic heterocycles. The molecule has 0 atom stereocenters. The van der Waals surface area contributed by atoms with Gasteiger partial charge < -0.3 is 20.6 Å². The lowest BCUT2D eigenvalue weighted by Gasteiger charge is -2.38. The zero-order chi connectivity index (χ0) is 21.7. The molecule has 0 spiro atoms. The number of carbonyl (C=O) groups is 1. The number of aliphatic hydroxyl groups is 1. The number of hydrogen-bond acceptors (Lipinski definition) is 4. The lowest BCUT2D eigenvalue weighted by molar-refractivity contribution is -0.0201. The van der Waals surface area contributed by atoms with Gasteiger partial charge in [0.15, 0.2) is 0 Å². The lowest BCUT2D eigenvalue weighted by atomic mass is 9.85. The Balaban J connectivity index is 0.00000289. The number of carbonyl (C=O) groups excluding carboxylic acids is 1. The molecule has 1 aromatic heterocycles. The van der Waals surface area contributed by atoms with Crippen LogP contribution in [0.1, 0.15) is 24.1 Å². The number of benzene rings is 2. The number of hydrogen-bond donors (Lipinski definition) is 3. The van der Waals surface area contributed by atoms with Gasteiger partial charge in [-0.2, -0.15) is 0 Å². The fraction of sp³-hybridized carbons (Fsp3) is 0.360. The minimum Gasteiger partial charge on any atom is -0.389 e. The van der Waals surface area contributed by atoms with Gasteiger partial charge in [-0.3, -0.25) is 4.98 Å². The minimum absolute atomic E-state index is 0. The van der Waals surface area contributed by atoms with Gasteiger partial charge in [-0.25, -0.2) is 4.79 Å². The van der Waals surface area contributed by atoms with Crippen LogP contribution in [0.4, 0.5) is 10.5 Å². The van der Waals surface area contributed by atoms with E-state index in [4.69, 9.17) is 0 Å². The molecule has 1 aliphatic rings. The summed E-state index contributed by atoms with van der Waals surface area (Å²) < 4.78 is 0. The fourth-order valence-corrected chi connectivity index (χ4v) is 4.25. The number of rotatable bonds is 6. The van der Waals surface area contributed by atoms with Crippen LogP contribution < -0.4 is 10.6 Å². The van der Waals surface area contributed by atoms with Gasteiger partial charge in [0.05, 0.1) is 16.8 Å². The Morgan fingerprint density at radius 3 is 2.53 bits per heavy atom. The third-order valence-corrected chi connectivity index (χ3v) is 5.97. The normalized spacial score (nSPS) is 15.7. The van der Waals surface area contributed by atoms with Crippen molar-refractivity contribution in [2.45, 2.75) is 31.8 Å². The van der Waals surface area contributed by atoms with Crippen LogP contribution in [0, 0.1) is 6.92 Å². The highest BCUT2D eigenvalue weighted by Crippen LogP contribution is 2.26. The summed E-state index contributed by atoms with van der Waals surface area (Å²) in [4.78, 5) is 19.2. The lowest BCUT2D eigenvalue weighted by Crippen LogP contribution is -2.47. The first-order valence-electron chi connectivity index (χ1n) is 10.9. The second-order valence-corrected chi connectivity index (χ2v) is 8.44. The molecular formula is C25H31ClN4O2. The molecule has 7 heteroatoms. The van der Waals surface area contributed by atoms with Crippen molar-refractivity contribution in [3.8, 4) is 0 Å². The number of halogens is 1. The van der Waals surface area contributed by atoms with Gasteiger partial charge >= 0.3 is 6.03 Å². The van der Waals surface area contributed by atoms with Gasteiger partial charge in [0, 0.05) is 43.7 Å². The highest BCUT2D eigenvalue weighted by atomic mass is 35.5. The molecule has 0 saturated carbocycles. The van der Waals surface area contributed by atoms with Crippen LogP contribution in [0.25, 0.3) is 10.9 Å². The number of anilines is 1.